The number of nitrogens with zero attached hydrogens (tertiary/aromatic N) is 5. The van der Waals surface area contributed by atoms with Crippen LogP contribution in [0.25, 0.3) is 33.5 Å². The molecule has 0 aliphatic carbocycles. The molecule has 3 aromatic rings. The molecule has 32 heavy (non-hydrogen) atoms. The number of rotatable bonds is 4. The van der Waals surface area contributed by atoms with E-state index in [4.69, 9.17) is 0 Å². The summed E-state index contributed by atoms with van der Waals surface area (Å²) >= 11 is 0. The fraction of sp³-hybridized carbons (Fsp3) is 0.130. The smallest absolute Gasteiger partial charge is 0.317 e. The summed E-state index contributed by atoms with van der Waals surface area (Å²) in [6.07, 6.45) is 1.64. The first-order chi connectivity index (χ1) is 15.5. The van der Waals surface area contributed by atoms with Crippen LogP contribution in [0.1, 0.15) is 11.1 Å². The monoisotopic (exact) mass is 425 g/mol. The van der Waals surface area contributed by atoms with Crippen molar-refractivity contribution < 1.29 is 0 Å². The van der Waals surface area contributed by atoms with Crippen molar-refractivity contribution in [2.75, 3.05) is 5.43 Å². The van der Waals surface area contributed by atoms with Crippen molar-refractivity contribution in [2.24, 2.45) is 5.10 Å². The van der Waals surface area contributed by atoms with E-state index in [1.165, 1.54) is 0 Å². The van der Waals surface area contributed by atoms with E-state index < -0.39 is 11.2 Å². The van der Waals surface area contributed by atoms with E-state index in [-0.39, 0.29) is 18.1 Å². The first-order valence-electron chi connectivity index (χ1n) is 10.0. The lowest BCUT2D eigenvalue weighted by molar-refractivity contribution is 0.836. The van der Waals surface area contributed by atoms with Gasteiger partial charge in [0.25, 0.3) is 5.56 Å². The Morgan fingerprint density at radius 3 is 2.69 bits per heavy atom. The molecule has 0 saturated heterocycles. The van der Waals surface area contributed by atoms with Gasteiger partial charge in [-0.15, -0.1) is 0 Å². The van der Waals surface area contributed by atoms with Gasteiger partial charge in [-0.3, -0.25) is 15.2 Å². The Morgan fingerprint density at radius 1 is 1.00 bits per heavy atom. The van der Waals surface area contributed by atoms with Gasteiger partial charge in [0.2, 0.25) is 0 Å². The third-order valence-electron chi connectivity index (χ3n) is 5.36. The summed E-state index contributed by atoms with van der Waals surface area (Å²) in [5, 5.41) is 5.32. The summed E-state index contributed by atoms with van der Waals surface area (Å²) in [5.74, 6) is 0.821. The highest BCUT2D eigenvalue weighted by atomic mass is 16.2. The molecule has 9 nitrogen and oxygen atoms in total. The van der Waals surface area contributed by atoms with Gasteiger partial charge in [-0.25, -0.2) is 14.8 Å². The molecule has 2 aromatic carbocycles. The van der Waals surface area contributed by atoms with E-state index in [2.05, 4.69) is 30.5 Å². The number of H-pyrrole nitrogens is 1. The van der Waals surface area contributed by atoms with Gasteiger partial charge in [-0.1, -0.05) is 18.2 Å². The Kier molecular flexibility index (Phi) is 4.70. The van der Waals surface area contributed by atoms with Crippen LogP contribution in [0.3, 0.4) is 0 Å². The molecule has 1 aromatic heterocycles. The second kappa shape index (κ2) is 7.69. The van der Waals surface area contributed by atoms with Crippen LogP contribution < -0.4 is 16.7 Å². The molecule has 0 spiro atoms. The van der Waals surface area contributed by atoms with Gasteiger partial charge >= 0.3 is 5.69 Å². The maximum absolute atomic E-state index is 12.3. The van der Waals surface area contributed by atoms with Gasteiger partial charge in [-0.05, 0) is 55.3 Å². The van der Waals surface area contributed by atoms with Gasteiger partial charge < -0.3 is 4.57 Å². The SMILES string of the molecule is Cc1cc2nc3c(=O)[nH]c(=O)nc-3n(C/C=N/Nc3ccc4ccccc4n3)c2cc1C. The van der Waals surface area contributed by atoms with Crippen molar-refractivity contribution in [3.05, 3.63) is 80.5 Å². The average Bonchev–Trinajstić information content (AvgIpc) is 2.77. The number of benzene rings is 2. The highest BCUT2D eigenvalue weighted by Gasteiger charge is 2.18. The normalized spacial score (nSPS) is 11.7. The highest BCUT2D eigenvalue weighted by Crippen LogP contribution is 2.23. The van der Waals surface area contributed by atoms with Crippen molar-refractivity contribution in [1.82, 2.24) is 24.5 Å². The third-order valence-corrected chi connectivity index (χ3v) is 5.36. The number of fused-ring (bicyclic) bond motifs is 3. The number of aromatic nitrogens is 5. The molecule has 9 heteroatoms. The molecule has 5 rings (SSSR count). The van der Waals surface area contributed by atoms with E-state index in [0.717, 1.165) is 27.5 Å². The molecule has 0 fully saturated rings. The number of hydrogen-bond donors (Lipinski definition) is 2. The second-order valence-corrected chi connectivity index (χ2v) is 7.50. The van der Waals surface area contributed by atoms with Crippen molar-refractivity contribution in [3.63, 3.8) is 0 Å². The van der Waals surface area contributed by atoms with Gasteiger partial charge in [0.05, 0.1) is 23.1 Å². The van der Waals surface area contributed by atoms with E-state index in [1.54, 1.807) is 10.8 Å². The van der Waals surface area contributed by atoms with Crippen LogP contribution in [0.2, 0.25) is 0 Å². The third kappa shape index (κ3) is 3.49. The maximum atomic E-state index is 12.3. The largest absolute Gasteiger partial charge is 0.349 e. The second-order valence-electron chi connectivity index (χ2n) is 7.50. The predicted molar refractivity (Wildman–Crippen MR) is 124 cm³/mol. The fourth-order valence-corrected chi connectivity index (χ4v) is 3.60. The van der Waals surface area contributed by atoms with E-state index in [1.807, 2.05) is 62.4 Å². The van der Waals surface area contributed by atoms with Crippen LogP contribution in [0.15, 0.2) is 63.2 Å². The summed E-state index contributed by atoms with van der Waals surface area (Å²) in [7, 11) is 0. The number of aryl methyl sites for hydroxylation is 2. The zero-order valence-electron chi connectivity index (χ0n) is 17.5. The zero-order valence-corrected chi connectivity index (χ0v) is 17.5. The molecule has 158 valence electrons. The Bertz CT molecular complexity index is 1600. The van der Waals surface area contributed by atoms with E-state index in [9.17, 15) is 9.59 Å². The number of hydrazone groups is 1. The molecular formula is C23H19N7O2. The average molecular weight is 425 g/mol. The first kappa shape index (κ1) is 19.6. The molecule has 0 bridgehead atoms. The quantitative estimate of drug-likeness (QED) is 0.260. The lowest BCUT2D eigenvalue weighted by Gasteiger charge is -2.16. The van der Waals surface area contributed by atoms with Crippen molar-refractivity contribution in [3.8, 4) is 11.5 Å². The number of nitrogens with one attached hydrogen (secondary N) is 2. The van der Waals surface area contributed by atoms with Crippen LogP contribution in [-0.2, 0) is 6.54 Å². The molecule has 2 aliphatic rings. The van der Waals surface area contributed by atoms with Crippen molar-refractivity contribution in [2.45, 2.75) is 20.4 Å². The minimum absolute atomic E-state index is 0.109. The number of anilines is 1. The van der Waals surface area contributed by atoms with Crippen molar-refractivity contribution >= 4 is 34.0 Å². The number of hydrogen-bond acceptors (Lipinski definition) is 7. The van der Waals surface area contributed by atoms with Gasteiger partial charge in [0.1, 0.15) is 5.82 Å². The topological polar surface area (TPSA) is 118 Å². The standard InChI is InChI=1S/C23H19N7O2/c1-13-11-17-18(12-14(13)2)30(21-20(26-17)22(31)28-23(32)27-21)10-9-24-29-19-8-7-15-5-3-4-6-16(15)25-19/h3-9,11-12H,10H2,1-2H3,(H,25,29)(H,28,31,32)/b24-9+. The number of pyridine rings is 1. The highest BCUT2D eigenvalue weighted by molar-refractivity contribution is 5.82. The molecule has 3 heterocycles. The zero-order chi connectivity index (χ0) is 22.2. The molecular weight excluding hydrogens is 406 g/mol. The summed E-state index contributed by atoms with van der Waals surface area (Å²) < 4.78 is 1.76. The summed E-state index contributed by atoms with van der Waals surface area (Å²) in [6, 6.07) is 15.5. The van der Waals surface area contributed by atoms with Crippen LogP contribution in [0, 0.1) is 13.8 Å². The van der Waals surface area contributed by atoms with E-state index in [0.29, 0.717) is 11.3 Å². The fourth-order valence-electron chi connectivity index (χ4n) is 3.60. The van der Waals surface area contributed by atoms with Crippen LogP contribution in [0.4, 0.5) is 5.82 Å². The van der Waals surface area contributed by atoms with Gasteiger partial charge in [0.15, 0.2) is 11.5 Å². The number of aromatic amines is 1. The molecule has 2 aliphatic heterocycles. The van der Waals surface area contributed by atoms with Gasteiger partial charge in [-0.2, -0.15) is 10.1 Å². The van der Waals surface area contributed by atoms with Crippen LogP contribution >= 0.6 is 0 Å². The predicted octanol–water partition coefficient (Wildman–Crippen LogP) is 2.85. The summed E-state index contributed by atoms with van der Waals surface area (Å²) in [4.78, 5) is 39.4. The Balaban J connectivity index is 1.53. The lowest BCUT2D eigenvalue weighted by Crippen LogP contribution is -2.29. The Hall–Kier alpha value is -4.40. The lowest BCUT2D eigenvalue weighted by atomic mass is 10.1. The Morgan fingerprint density at radius 2 is 1.81 bits per heavy atom. The van der Waals surface area contributed by atoms with Crippen molar-refractivity contribution in [1.29, 1.82) is 0 Å². The molecule has 0 atom stereocenters. The molecule has 0 amide bonds. The summed E-state index contributed by atoms with van der Waals surface area (Å²) in [5.41, 5.74) is 6.14. The molecule has 0 unspecified atom stereocenters. The van der Waals surface area contributed by atoms with Crippen LogP contribution in [0.5, 0.6) is 0 Å². The molecule has 0 saturated carbocycles. The molecule has 2 N–H and O–H groups in total. The minimum Gasteiger partial charge on any atom is -0.317 e. The number of para-hydroxylation sites is 1. The minimum atomic E-state index is -0.711. The van der Waals surface area contributed by atoms with E-state index >= 15 is 0 Å². The Labute approximate surface area is 181 Å². The molecule has 0 radical (unpaired) electrons. The first-order valence-corrected chi connectivity index (χ1v) is 10.0. The summed E-state index contributed by atoms with van der Waals surface area (Å²) in [6.45, 7) is 4.25. The maximum Gasteiger partial charge on any atom is 0.349 e. The van der Waals surface area contributed by atoms with Crippen LogP contribution in [-0.4, -0.2) is 30.7 Å². The van der Waals surface area contributed by atoms with Gasteiger partial charge in [0, 0.05) is 11.6 Å².